The van der Waals surface area contributed by atoms with Crippen LogP contribution < -0.4 is 10.6 Å². The smallest absolute Gasteiger partial charge is 0.326 e. The maximum absolute atomic E-state index is 11.5. The predicted octanol–water partition coefficient (Wildman–Crippen LogP) is -1.27. The van der Waals surface area contributed by atoms with Gasteiger partial charge in [-0.3, -0.25) is 9.59 Å². The largest absolute Gasteiger partial charge is 0.480 e. The zero-order chi connectivity index (χ0) is 12.8. The lowest BCUT2D eigenvalue weighted by atomic mass is 10.0. The third-order valence-corrected chi connectivity index (χ3v) is 2.63. The van der Waals surface area contributed by atoms with Gasteiger partial charge in [0.1, 0.15) is 6.04 Å². The number of rotatable bonds is 6. The minimum Gasteiger partial charge on any atom is -0.480 e. The molecule has 1 fully saturated rings. The maximum Gasteiger partial charge on any atom is 0.326 e. The van der Waals surface area contributed by atoms with Crippen LogP contribution in [-0.2, 0) is 19.1 Å². The predicted molar refractivity (Wildman–Crippen MR) is 57.2 cm³/mol. The molecule has 0 aromatic heterocycles. The molecule has 0 aromatic rings. The lowest BCUT2D eigenvalue weighted by Gasteiger charge is -2.27. The topological polar surface area (TPSA) is 105 Å². The highest BCUT2D eigenvalue weighted by Gasteiger charge is 2.29. The van der Waals surface area contributed by atoms with Crippen LogP contribution in [0.3, 0.4) is 0 Å². The van der Waals surface area contributed by atoms with Crippen LogP contribution in [0.1, 0.15) is 12.8 Å². The summed E-state index contributed by atoms with van der Waals surface area (Å²) in [4.78, 5) is 33.3. The Bertz CT molecular complexity index is 314. The Labute approximate surface area is 98.5 Å². The van der Waals surface area contributed by atoms with Crippen molar-refractivity contribution in [3.05, 3.63) is 0 Å². The third-order valence-electron chi connectivity index (χ3n) is 2.63. The van der Waals surface area contributed by atoms with E-state index >= 15 is 0 Å². The van der Waals surface area contributed by atoms with Gasteiger partial charge >= 0.3 is 11.9 Å². The summed E-state index contributed by atoms with van der Waals surface area (Å²) in [6.45, 7) is 1.13. The van der Waals surface area contributed by atoms with Crippen molar-refractivity contribution in [2.45, 2.75) is 18.9 Å². The van der Waals surface area contributed by atoms with Crippen molar-refractivity contribution >= 4 is 17.8 Å². The minimum atomic E-state index is -1.14. The normalized spacial score (nSPS) is 16.8. The first-order valence-electron chi connectivity index (χ1n) is 5.35. The van der Waals surface area contributed by atoms with Gasteiger partial charge in [-0.05, 0) is 6.42 Å². The first-order chi connectivity index (χ1) is 8.04. The molecule has 1 aliphatic heterocycles. The molecule has 0 unspecified atom stereocenters. The van der Waals surface area contributed by atoms with Crippen LogP contribution >= 0.6 is 0 Å². The number of esters is 1. The molecule has 0 radical (unpaired) electrons. The molecule has 1 rings (SSSR count). The fraction of sp³-hybridized carbons (Fsp3) is 0.700. The van der Waals surface area contributed by atoms with E-state index in [0.29, 0.717) is 13.1 Å². The van der Waals surface area contributed by atoms with Crippen molar-refractivity contribution < 1.29 is 24.2 Å². The Morgan fingerprint density at radius 2 is 2.12 bits per heavy atom. The highest BCUT2D eigenvalue weighted by atomic mass is 16.5. The van der Waals surface area contributed by atoms with Crippen molar-refractivity contribution in [1.82, 2.24) is 10.6 Å². The third kappa shape index (κ3) is 4.03. The van der Waals surface area contributed by atoms with Gasteiger partial charge in [0.25, 0.3) is 0 Å². The number of aliphatic carboxylic acids is 1. The number of hydrogen-bond acceptors (Lipinski definition) is 5. The van der Waals surface area contributed by atoms with Crippen LogP contribution in [0.4, 0.5) is 0 Å². The van der Waals surface area contributed by atoms with Crippen molar-refractivity contribution in [2.24, 2.45) is 5.92 Å². The number of ether oxygens (including phenoxy) is 1. The van der Waals surface area contributed by atoms with Crippen LogP contribution in [0.5, 0.6) is 0 Å². The van der Waals surface area contributed by atoms with Gasteiger partial charge in [-0.25, -0.2) is 4.79 Å². The van der Waals surface area contributed by atoms with Gasteiger partial charge in [-0.1, -0.05) is 0 Å². The van der Waals surface area contributed by atoms with Crippen LogP contribution in [-0.4, -0.2) is 49.2 Å². The standard InChI is InChI=1S/C10H16N2O5/c1-17-8(13)3-2-7(10(15)16)12-9(14)6-4-11-5-6/h6-7,11H,2-5H2,1H3,(H,12,14)(H,15,16)/t7-/m0/s1. The highest BCUT2D eigenvalue weighted by Crippen LogP contribution is 2.05. The van der Waals surface area contributed by atoms with Gasteiger partial charge < -0.3 is 20.5 Å². The van der Waals surface area contributed by atoms with Crippen molar-refractivity contribution in [3.8, 4) is 0 Å². The van der Waals surface area contributed by atoms with Crippen LogP contribution in [0.25, 0.3) is 0 Å². The molecule has 17 heavy (non-hydrogen) atoms. The van der Waals surface area contributed by atoms with Crippen LogP contribution in [0, 0.1) is 5.92 Å². The van der Waals surface area contributed by atoms with Crippen LogP contribution in [0.2, 0.25) is 0 Å². The van der Waals surface area contributed by atoms with E-state index in [1.807, 2.05) is 0 Å². The SMILES string of the molecule is COC(=O)CC[C@H](NC(=O)C1CNC1)C(=O)O. The second kappa shape index (κ2) is 6.19. The summed E-state index contributed by atoms with van der Waals surface area (Å²) in [5, 5.41) is 14.2. The van der Waals surface area contributed by atoms with E-state index in [2.05, 4.69) is 15.4 Å². The van der Waals surface area contributed by atoms with Crippen molar-refractivity contribution in [3.63, 3.8) is 0 Å². The molecule has 0 bridgehead atoms. The van der Waals surface area contributed by atoms with E-state index < -0.39 is 18.0 Å². The molecular formula is C10H16N2O5. The monoisotopic (exact) mass is 244 g/mol. The summed E-state index contributed by atoms with van der Waals surface area (Å²) < 4.78 is 4.41. The van der Waals surface area contributed by atoms with Gasteiger partial charge in [0.2, 0.25) is 5.91 Å². The summed E-state index contributed by atoms with van der Waals surface area (Å²) in [6, 6.07) is -1.04. The average molecular weight is 244 g/mol. The number of amides is 1. The number of carboxylic acid groups (broad SMARTS) is 1. The fourth-order valence-electron chi connectivity index (χ4n) is 1.39. The fourth-order valence-corrected chi connectivity index (χ4v) is 1.39. The number of nitrogens with one attached hydrogen (secondary N) is 2. The van der Waals surface area contributed by atoms with E-state index in [-0.39, 0.29) is 24.7 Å². The minimum absolute atomic E-state index is 0.0311. The molecule has 0 aliphatic carbocycles. The summed E-state index contributed by atoms with van der Waals surface area (Å²) in [5.41, 5.74) is 0. The summed E-state index contributed by atoms with van der Waals surface area (Å²) >= 11 is 0. The Morgan fingerprint density at radius 3 is 2.53 bits per heavy atom. The average Bonchev–Trinajstić information content (AvgIpc) is 2.20. The molecule has 1 heterocycles. The van der Waals surface area contributed by atoms with E-state index in [4.69, 9.17) is 5.11 Å². The van der Waals surface area contributed by atoms with Gasteiger partial charge in [0, 0.05) is 19.5 Å². The van der Waals surface area contributed by atoms with Gasteiger partial charge in [0.05, 0.1) is 13.0 Å². The zero-order valence-electron chi connectivity index (χ0n) is 9.56. The molecule has 1 amide bonds. The Morgan fingerprint density at radius 1 is 1.47 bits per heavy atom. The highest BCUT2D eigenvalue weighted by molar-refractivity contribution is 5.86. The van der Waals surface area contributed by atoms with E-state index in [0.717, 1.165) is 0 Å². The Kier molecular flexibility index (Phi) is 4.89. The molecule has 0 aromatic carbocycles. The zero-order valence-corrected chi connectivity index (χ0v) is 9.56. The summed E-state index contributed by atoms with van der Waals surface area (Å²) in [6.07, 6.45) is 0.00452. The first kappa shape index (κ1) is 13.4. The van der Waals surface area contributed by atoms with Crippen LogP contribution in [0.15, 0.2) is 0 Å². The lowest BCUT2D eigenvalue weighted by Crippen LogP contribution is -2.54. The second-order valence-corrected chi connectivity index (χ2v) is 3.87. The molecule has 0 saturated carbocycles. The van der Waals surface area contributed by atoms with Gasteiger partial charge in [-0.2, -0.15) is 0 Å². The maximum atomic E-state index is 11.5. The molecule has 1 saturated heterocycles. The quantitative estimate of drug-likeness (QED) is 0.503. The van der Waals surface area contributed by atoms with E-state index in [1.54, 1.807) is 0 Å². The number of carbonyl (C=O) groups excluding carboxylic acids is 2. The van der Waals surface area contributed by atoms with Gasteiger partial charge in [-0.15, -0.1) is 0 Å². The molecule has 7 nitrogen and oxygen atoms in total. The molecule has 0 spiro atoms. The number of carboxylic acids is 1. The van der Waals surface area contributed by atoms with Crippen molar-refractivity contribution in [1.29, 1.82) is 0 Å². The van der Waals surface area contributed by atoms with E-state index in [9.17, 15) is 14.4 Å². The molecule has 96 valence electrons. The first-order valence-corrected chi connectivity index (χ1v) is 5.35. The number of hydrogen-bond donors (Lipinski definition) is 3. The second-order valence-electron chi connectivity index (χ2n) is 3.87. The van der Waals surface area contributed by atoms with Gasteiger partial charge in [0.15, 0.2) is 0 Å². The molecular weight excluding hydrogens is 228 g/mol. The molecule has 1 atom stereocenters. The number of carbonyl (C=O) groups is 3. The Balaban J connectivity index is 2.39. The number of methoxy groups -OCH3 is 1. The summed E-state index contributed by atoms with van der Waals surface area (Å²) in [5.74, 6) is -2.10. The molecule has 7 heteroatoms. The lowest BCUT2D eigenvalue weighted by molar-refractivity contribution is -0.144. The van der Waals surface area contributed by atoms with E-state index in [1.165, 1.54) is 7.11 Å². The van der Waals surface area contributed by atoms with Crippen molar-refractivity contribution in [2.75, 3.05) is 20.2 Å². The Hall–Kier alpha value is -1.63. The summed E-state index contributed by atoms with van der Waals surface area (Å²) in [7, 11) is 1.23. The molecule has 1 aliphatic rings. The molecule has 3 N–H and O–H groups in total.